The number of benzene rings is 1. The maximum Gasteiger partial charge on any atom is 0.253 e. The second-order valence-electron chi connectivity index (χ2n) is 5.95. The minimum Gasteiger partial charge on any atom is -0.399 e. The Morgan fingerprint density at radius 2 is 2.10 bits per heavy atom. The summed E-state index contributed by atoms with van der Waals surface area (Å²) in [6.45, 7) is 1.04. The highest BCUT2D eigenvalue weighted by Crippen LogP contribution is 2.40. The van der Waals surface area contributed by atoms with Gasteiger partial charge in [-0.3, -0.25) is 4.79 Å². The van der Waals surface area contributed by atoms with Crippen molar-refractivity contribution in [1.29, 1.82) is 0 Å². The number of hydrogen-bond donors (Lipinski definition) is 2. The van der Waals surface area contributed by atoms with E-state index in [1.54, 1.807) is 7.05 Å². The Bertz CT molecular complexity index is 514. The summed E-state index contributed by atoms with van der Waals surface area (Å²) >= 11 is 0. The fourth-order valence-electron chi connectivity index (χ4n) is 3.87. The molecule has 4 heteroatoms. The van der Waals surface area contributed by atoms with E-state index < -0.39 is 0 Å². The molecule has 0 radical (unpaired) electrons. The van der Waals surface area contributed by atoms with Crippen LogP contribution in [-0.2, 0) is 0 Å². The molecule has 108 valence electrons. The minimum atomic E-state index is -0.0277. The minimum absolute atomic E-state index is 0.0277. The van der Waals surface area contributed by atoms with Gasteiger partial charge in [-0.25, -0.2) is 0 Å². The molecule has 1 aromatic rings. The summed E-state index contributed by atoms with van der Waals surface area (Å²) < 4.78 is 0. The van der Waals surface area contributed by atoms with Gasteiger partial charge in [-0.2, -0.15) is 0 Å². The first-order chi connectivity index (χ1) is 9.70. The van der Waals surface area contributed by atoms with E-state index in [1.165, 1.54) is 32.1 Å². The van der Waals surface area contributed by atoms with Crippen LogP contribution in [0.25, 0.3) is 0 Å². The second-order valence-corrected chi connectivity index (χ2v) is 5.95. The maximum atomic E-state index is 12.1. The largest absolute Gasteiger partial charge is 0.399 e. The van der Waals surface area contributed by atoms with Gasteiger partial charge in [0.2, 0.25) is 0 Å². The molecule has 0 spiro atoms. The number of nitrogens with one attached hydrogen (secondary N) is 1. The van der Waals surface area contributed by atoms with Crippen LogP contribution < -0.4 is 16.0 Å². The highest BCUT2D eigenvalue weighted by Gasteiger charge is 2.36. The molecular weight excluding hydrogens is 250 g/mol. The molecule has 2 atom stereocenters. The van der Waals surface area contributed by atoms with Gasteiger partial charge in [0.15, 0.2) is 0 Å². The van der Waals surface area contributed by atoms with Gasteiger partial charge in [-0.15, -0.1) is 0 Å². The fraction of sp³-hybridized carbons (Fsp3) is 0.562. The molecule has 1 aliphatic heterocycles. The molecule has 1 aliphatic carbocycles. The van der Waals surface area contributed by atoms with Gasteiger partial charge in [0, 0.05) is 25.3 Å². The predicted octanol–water partition coefficient (Wildman–Crippen LogP) is 2.40. The molecule has 2 aliphatic rings. The van der Waals surface area contributed by atoms with Gasteiger partial charge in [0.05, 0.1) is 11.3 Å². The predicted molar refractivity (Wildman–Crippen MR) is 82.0 cm³/mol. The van der Waals surface area contributed by atoms with E-state index in [1.807, 2.05) is 18.2 Å². The van der Waals surface area contributed by atoms with E-state index in [9.17, 15) is 4.79 Å². The van der Waals surface area contributed by atoms with Crippen LogP contribution in [0.1, 0.15) is 42.5 Å². The second kappa shape index (κ2) is 5.35. The van der Waals surface area contributed by atoms with Crippen LogP contribution in [0.2, 0.25) is 0 Å². The molecule has 3 rings (SSSR count). The van der Waals surface area contributed by atoms with E-state index in [-0.39, 0.29) is 5.91 Å². The lowest BCUT2D eigenvalue weighted by Crippen LogP contribution is -2.43. The smallest absolute Gasteiger partial charge is 0.253 e. The topological polar surface area (TPSA) is 58.4 Å². The summed E-state index contributed by atoms with van der Waals surface area (Å²) in [5.41, 5.74) is 8.44. The number of carbonyl (C=O) groups excluding carboxylic acids is 1. The van der Waals surface area contributed by atoms with E-state index in [2.05, 4.69) is 10.2 Å². The number of amides is 1. The van der Waals surface area contributed by atoms with Gasteiger partial charge >= 0.3 is 0 Å². The average molecular weight is 273 g/mol. The van der Waals surface area contributed by atoms with E-state index in [0.717, 1.165) is 29.4 Å². The van der Waals surface area contributed by atoms with Crippen LogP contribution in [0, 0.1) is 5.92 Å². The van der Waals surface area contributed by atoms with Gasteiger partial charge in [-0.05, 0) is 49.8 Å². The van der Waals surface area contributed by atoms with E-state index in [4.69, 9.17) is 5.73 Å². The zero-order valence-corrected chi connectivity index (χ0v) is 12.1. The highest BCUT2D eigenvalue weighted by molar-refractivity contribution is 6.00. The van der Waals surface area contributed by atoms with Crippen LogP contribution >= 0.6 is 0 Å². The molecule has 1 amide bonds. The van der Waals surface area contributed by atoms with Crippen LogP contribution in [0.3, 0.4) is 0 Å². The Labute approximate surface area is 120 Å². The Morgan fingerprint density at radius 1 is 1.30 bits per heavy atom. The summed E-state index contributed by atoms with van der Waals surface area (Å²) in [6, 6.07) is 6.21. The number of hydrogen-bond acceptors (Lipinski definition) is 3. The van der Waals surface area contributed by atoms with Gasteiger partial charge in [-0.1, -0.05) is 6.42 Å². The first kappa shape index (κ1) is 13.3. The molecule has 1 heterocycles. The van der Waals surface area contributed by atoms with Crippen molar-refractivity contribution in [2.45, 2.75) is 38.1 Å². The lowest BCUT2D eigenvalue weighted by atomic mass is 9.91. The Balaban J connectivity index is 1.99. The SMILES string of the molecule is CNC(=O)c1ccc(N)cc1N1CCCC2CCCC21. The summed E-state index contributed by atoms with van der Waals surface area (Å²) in [7, 11) is 1.68. The van der Waals surface area contributed by atoms with Crippen molar-refractivity contribution in [2.75, 3.05) is 24.2 Å². The molecule has 1 saturated carbocycles. The number of anilines is 2. The number of nitrogens with zero attached hydrogens (tertiary/aromatic N) is 1. The van der Waals surface area contributed by atoms with Crippen LogP contribution in [0.15, 0.2) is 18.2 Å². The third-order valence-electron chi connectivity index (χ3n) is 4.80. The van der Waals surface area contributed by atoms with Gasteiger partial charge in [0.25, 0.3) is 5.91 Å². The summed E-state index contributed by atoms with van der Waals surface area (Å²) in [4.78, 5) is 14.5. The molecule has 4 nitrogen and oxygen atoms in total. The first-order valence-corrected chi connectivity index (χ1v) is 7.59. The zero-order valence-electron chi connectivity index (χ0n) is 12.1. The standard InChI is InChI=1S/C16H23N3O/c1-18-16(20)13-8-7-12(17)10-15(13)19-9-3-5-11-4-2-6-14(11)19/h7-8,10-11,14H,2-6,9,17H2,1H3,(H,18,20). The van der Waals surface area contributed by atoms with Crippen molar-refractivity contribution in [3.8, 4) is 0 Å². The van der Waals surface area contributed by atoms with Gasteiger partial charge < -0.3 is 16.0 Å². The van der Waals surface area contributed by atoms with Crippen molar-refractivity contribution in [1.82, 2.24) is 5.32 Å². The Morgan fingerprint density at radius 3 is 2.90 bits per heavy atom. The Hall–Kier alpha value is -1.71. The molecular formula is C16H23N3O. The third-order valence-corrected chi connectivity index (χ3v) is 4.80. The average Bonchev–Trinajstić information content (AvgIpc) is 2.94. The lowest BCUT2D eigenvalue weighted by molar-refractivity contribution is 0.0963. The molecule has 3 N–H and O–H groups in total. The molecule has 20 heavy (non-hydrogen) atoms. The number of nitrogens with two attached hydrogens (primary N) is 1. The van der Waals surface area contributed by atoms with Crippen molar-refractivity contribution in [3.05, 3.63) is 23.8 Å². The summed E-state index contributed by atoms with van der Waals surface area (Å²) in [5.74, 6) is 0.767. The lowest BCUT2D eigenvalue weighted by Gasteiger charge is -2.40. The van der Waals surface area contributed by atoms with E-state index >= 15 is 0 Å². The van der Waals surface area contributed by atoms with Gasteiger partial charge in [0.1, 0.15) is 0 Å². The third kappa shape index (κ3) is 2.23. The normalized spacial score (nSPS) is 25.4. The highest BCUT2D eigenvalue weighted by atomic mass is 16.1. The number of piperidine rings is 1. The summed E-state index contributed by atoms with van der Waals surface area (Å²) in [6.07, 6.45) is 6.43. The van der Waals surface area contributed by atoms with Crippen molar-refractivity contribution in [2.24, 2.45) is 5.92 Å². The van der Waals surface area contributed by atoms with Crippen LogP contribution in [0.4, 0.5) is 11.4 Å². The summed E-state index contributed by atoms with van der Waals surface area (Å²) in [5, 5.41) is 2.73. The fourth-order valence-corrected chi connectivity index (χ4v) is 3.87. The van der Waals surface area contributed by atoms with Crippen LogP contribution in [0.5, 0.6) is 0 Å². The molecule has 0 bridgehead atoms. The zero-order chi connectivity index (χ0) is 14.1. The van der Waals surface area contributed by atoms with Crippen molar-refractivity contribution < 1.29 is 4.79 Å². The maximum absolute atomic E-state index is 12.1. The number of fused-ring (bicyclic) bond motifs is 1. The van der Waals surface area contributed by atoms with Crippen molar-refractivity contribution >= 4 is 17.3 Å². The molecule has 2 fully saturated rings. The first-order valence-electron chi connectivity index (χ1n) is 7.59. The number of carbonyl (C=O) groups is 1. The Kier molecular flexibility index (Phi) is 3.55. The molecule has 0 aromatic heterocycles. The van der Waals surface area contributed by atoms with Crippen molar-refractivity contribution in [3.63, 3.8) is 0 Å². The molecule has 1 aromatic carbocycles. The van der Waals surface area contributed by atoms with E-state index in [0.29, 0.717) is 6.04 Å². The quantitative estimate of drug-likeness (QED) is 0.813. The molecule has 2 unspecified atom stereocenters. The van der Waals surface area contributed by atoms with Crippen LogP contribution in [-0.4, -0.2) is 25.5 Å². The monoisotopic (exact) mass is 273 g/mol. The number of nitrogen functional groups attached to an aromatic ring is 1. The molecule has 1 saturated heterocycles. The number of rotatable bonds is 2.